The summed E-state index contributed by atoms with van der Waals surface area (Å²) in [4.78, 5) is 13.1. The van der Waals surface area contributed by atoms with Crippen LogP contribution in [0.4, 0.5) is 8.78 Å². The van der Waals surface area contributed by atoms with Crippen LogP contribution in [0.3, 0.4) is 0 Å². The summed E-state index contributed by atoms with van der Waals surface area (Å²) in [7, 11) is 1.52. The minimum atomic E-state index is -2.53. The second kappa shape index (κ2) is 7.81. The van der Waals surface area contributed by atoms with Crippen molar-refractivity contribution in [2.24, 2.45) is 0 Å². The first-order chi connectivity index (χ1) is 9.06. The summed E-state index contributed by atoms with van der Waals surface area (Å²) in [6.45, 7) is -0.880. The summed E-state index contributed by atoms with van der Waals surface area (Å²) in [5, 5.41) is 8.79. The number of nitrogens with zero attached hydrogens (tertiary/aromatic N) is 1. The number of benzene rings is 1. The Labute approximate surface area is 110 Å². The lowest BCUT2D eigenvalue weighted by Crippen LogP contribution is -2.36. The molecule has 19 heavy (non-hydrogen) atoms. The Balaban J connectivity index is 2.64. The molecule has 0 amide bonds. The summed E-state index contributed by atoms with van der Waals surface area (Å²) in [6, 6.07) is 6.44. The van der Waals surface area contributed by atoms with E-state index in [4.69, 9.17) is 9.84 Å². The third-order valence-electron chi connectivity index (χ3n) is 2.59. The highest BCUT2D eigenvalue weighted by Gasteiger charge is 2.16. The number of hydrogen-bond acceptors (Lipinski definition) is 4. The summed E-state index contributed by atoms with van der Waals surface area (Å²) in [5.74, 6) is 0.355. The molecule has 0 saturated heterocycles. The van der Waals surface area contributed by atoms with Crippen LogP contribution in [0.5, 0.6) is 5.75 Å². The molecule has 106 valence electrons. The van der Waals surface area contributed by atoms with Crippen LogP contribution in [0.25, 0.3) is 0 Å². The number of methoxy groups -OCH3 is 1. The number of rotatable bonds is 8. The lowest BCUT2D eigenvalue weighted by atomic mass is 10.1. The number of ketones is 1. The Bertz CT molecular complexity index is 395. The molecule has 0 fully saturated rings. The molecule has 0 radical (unpaired) electrons. The first-order valence-electron chi connectivity index (χ1n) is 5.85. The molecule has 6 heteroatoms. The fourth-order valence-corrected chi connectivity index (χ4v) is 1.64. The largest absolute Gasteiger partial charge is 0.497 e. The predicted molar refractivity (Wildman–Crippen MR) is 66.9 cm³/mol. The molecule has 0 aliphatic carbocycles. The molecule has 0 unspecified atom stereocenters. The second-order valence-corrected chi connectivity index (χ2v) is 4.00. The first kappa shape index (κ1) is 15.5. The highest BCUT2D eigenvalue weighted by atomic mass is 19.3. The van der Waals surface area contributed by atoms with E-state index in [1.807, 2.05) is 0 Å². The van der Waals surface area contributed by atoms with E-state index in [0.29, 0.717) is 11.3 Å². The van der Waals surface area contributed by atoms with E-state index in [9.17, 15) is 13.6 Å². The van der Waals surface area contributed by atoms with Crippen LogP contribution in [-0.2, 0) is 0 Å². The van der Waals surface area contributed by atoms with Crippen LogP contribution >= 0.6 is 0 Å². The second-order valence-electron chi connectivity index (χ2n) is 4.00. The van der Waals surface area contributed by atoms with E-state index in [2.05, 4.69) is 0 Å². The van der Waals surface area contributed by atoms with Crippen molar-refractivity contribution in [1.82, 2.24) is 4.90 Å². The Morgan fingerprint density at radius 1 is 1.37 bits per heavy atom. The van der Waals surface area contributed by atoms with Crippen LogP contribution < -0.4 is 4.74 Å². The first-order valence-corrected chi connectivity index (χ1v) is 5.85. The van der Waals surface area contributed by atoms with Gasteiger partial charge >= 0.3 is 0 Å². The van der Waals surface area contributed by atoms with Crippen LogP contribution in [-0.4, -0.2) is 55.6 Å². The molecular formula is C13H17F2NO3. The van der Waals surface area contributed by atoms with E-state index in [0.717, 1.165) is 0 Å². The molecule has 0 aromatic heterocycles. The van der Waals surface area contributed by atoms with Crippen molar-refractivity contribution in [2.45, 2.75) is 6.43 Å². The number of ether oxygens (including phenoxy) is 1. The molecule has 0 atom stereocenters. The van der Waals surface area contributed by atoms with E-state index in [1.165, 1.54) is 12.0 Å². The zero-order chi connectivity index (χ0) is 14.3. The monoisotopic (exact) mass is 273 g/mol. The van der Waals surface area contributed by atoms with E-state index < -0.39 is 13.0 Å². The van der Waals surface area contributed by atoms with Gasteiger partial charge < -0.3 is 9.84 Å². The van der Waals surface area contributed by atoms with Gasteiger partial charge in [0, 0.05) is 12.1 Å². The molecule has 0 saturated carbocycles. The van der Waals surface area contributed by atoms with Crippen molar-refractivity contribution >= 4 is 5.78 Å². The average Bonchev–Trinajstić information content (AvgIpc) is 2.38. The van der Waals surface area contributed by atoms with E-state index in [1.54, 1.807) is 24.3 Å². The molecule has 0 bridgehead atoms. The van der Waals surface area contributed by atoms with Crippen LogP contribution in [0.1, 0.15) is 10.4 Å². The summed E-state index contributed by atoms with van der Waals surface area (Å²) in [5.41, 5.74) is 0.429. The zero-order valence-electron chi connectivity index (χ0n) is 10.7. The Hall–Kier alpha value is -1.53. The van der Waals surface area contributed by atoms with Gasteiger partial charge in [0.2, 0.25) is 0 Å². The molecule has 0 aliphatic heterocycles. The molecule has 1 aromatic rings. The molecular weight excluding hydrogens is 256 g/mol. The minimum absolute atomic E-state index is 0.0479. The topological polar surface area (TPSA) is 49.8 Å². The maximum absolute atomic E-state index is 12.3. The number of carbonyl (C=O) groups excluding carboxylic acids is 1. The van der Waals surface area contributed by atoms with Gasteiger partial charge in [-0.25, -0.2) is 8.78 Å². The lowest BCUT2D eigenvalue weighted by molar-refractivity contribution is 0.0689. The number of alkyl halides is 2. The number of carbonyl (C=O) groups is 1. The van der Waals surface area contributed by atoms with Gasteiger partial charge in [0.05, 0.1) is 26.8 Å². The summed E-state index contributed by atoms with van der Waals surface area (Å²) in [6.07, 6.45) is -2.53. The van der Waals surface area contributed by atoms with Crippen LogP contribution in [0.15, 0.2) is 24.3 Å². The van der Waals surface area contributed by atoms with Gasteiger partial charge in [-0.3, -0.25) is 9.69 Å². The van der Waals surface area contributed by atoms with Crippen molar-refractivity contribution in [3.8, 4) is 5.75 Å². The third-order valence-corrected chi connectivity index (χ3v) is 2.59. The number of Topliss-reactive ketones (excluding diaryl/α,β-unsaturated/α-hetero) is 1. The standard InChI is InChI=1S/C13H17F2NO3/c1-19-11-4-2-10(3-5-11)12(18)8-16(6-7-17)9-13(14)15/h2-5,13,17H,6-9H2,1H3. The van der Waals surface area contributed by atoms with Crippen molar-refractivity contribution in [2.75, 3.05) is 33.4 Å². The average molecular weight is 273 g/mol. The molecule has 1 aromatic carbocycles. The normalized spacial score (nSPS) is 11.1. The SMILES string of the molecule is COc1ccc(C(=O)CN(CCO)CC(F)F)cc1. The number of hydrogen-bond donors (Lipinski definition) is 1. The summed E-state index contributed by atoms with van der Waals surface area (Å²) >= 11 is 0. The van der Waals surface area contributed by atoms with Gasteiger partial charge in [-0.05, 0) is 24.3 Å². The Morgan fingerprint density at radius 3 is 2.47 bits per heavy atom. The Kier molecular flexibility index (Phi) is 6.38. The molecule has 1 N–H and O–H groups in total. The van der Waals surface area contributed by atoms with Gasteiger partial charge in [0.1, 0.15) is 5.75 Å². The lowest BCUT2D eigenvalue weighted by Gasteiger charge is -2.19. The summed E-state index contributed by atoms with van der Waals surface area (Å²) < 4.78 is 29.6. The van der Waals surface area contributed by atoms with Gasteiger partial charge in [-0.15, -0.1) is 0 Å². The van der Waals surface area contributed by atoms with E-state index >= 15 is 0 Å². The van der Waals surface area contributed by atoms with Crippen LogP contribution in [0.2, 0.25) is 0 Å². The predicted octanol–water partition coefficient (Wildman–Crippen LogP) is 1.44. The minimum Gasteiger partial charge on any atom is -0.497 e. The molecule has 0 aliphatic rings. The number of aliphatic hydroxyl groups is 1. The van der Waals surface area contributed by atoms with Gasteiger partial charge in [0.15, 0.2) is 5.78 Å². The van der Waals surface area contributed by atoms with Crippen molar-refractivity contribution in [1.29, 1.82) is 0 Å². The molecule has 4 nitrogen and oxygen atoms in total. The fourth-order valence-electron chi connectivity index (χ4n) is 1.64. The fraction of sp³-hybridized carbons (Fsp3) is 0.462. The molecule has 1 rings (SSSR count). The quantitative estimate of drug-likeness (QED) is 0.728. The van der Waals surface area contributed by atoms with Gasteiger partial charge in [0.25, 0.3) is 6.43 Å². The smallest absolute Gasteiger partial charge is 0.251 e. The third kappa shape index (κ3) is 5.32. The highest BCUT2D eigenvalue weighted by molar-refractivity contribution is 5.97. The Morgan fingerprint density at radius 2 is 2.00 bits per heavy atom. The van der Waals surface area contributed by atoms with Crippen molar-refractivity contribution in [3.05, 3.63) is 29.8 Å². The number of halogens is 2. The highest BCUT2D eigenvalue weighted by Crippen LogP contribution is 2.12. The molecule has 0 spiro atoms. The maximum atomic E-state index is 12.3. The number of aliphatic hydroxyl groups excluding tert-OH is 1. The van der Waals surface area contributed by atoms with Crippen molar-refractivity contribution < 1.29 is 23.4 Å². The van der Waals surface area contributed by atoms with Gasteiger partial charge in [-0.2, -0.15) is 0 Å². The molecule has 0 heterocycles. The zero-order valence-corrected chi connectivity index (χ0v) is 10.7. The maximum Gasteiger partial charge on any atom is 0.251 e. The van der Waals surface area contributed by atoms with Crippen molar-refractivity contribution in [3.63, 3.8) is 0 Å². The van der Waals surface area contributed by atoms with Gasteiger partial charge in [-0.1, -0.05) is 0 Å². The van der Waals surface area contributed by atoms with Crippen LogP contribution in [0, 0.1) is 0 Å². The van der Waals surface area contributed by atoms with E-state index in [-0.39, 0.29) is 25.5 Å².